The molecule has 398 valence electrons. The Kier molecular flexibility index (Phi) is 42.4. The molecular formula is C54H104O12S. The van der Waals surface area contributed by atoms with E-state index in [0.717, 1.165) is 38.5 Å². The number of hydrogen-bond donors (Lipinski definition) is 4. The summed E-state index contributed by atoms with van der Waals surface area (Å²) in [4.78, 5) is 25.6. The summed E-state index contributed by atoms with van der Waals surface area (Å²) in [6, 6.07) is 0. The van der Waals surface area contributed by atoms with Crippen LogP contribution in [0.2, 0.25) is 0 Å². The van der Waals surface area contributed by atoms with Crippen LogP contribution in [0, 0.1) is 0 Å². The molecular weight excluding hydrogens is 873 g/mol. The number of aliphatic hydroxyl groups excluding tert-OH is 3. The molecule has 1 aliphatic heterocycles. The van der Waals surface area contributed by atoms with Gasteiger partial charge in [-0.25, -0.2) is 0 Å². The van der Waals surface area contributed by atoms with Crippen LogP contribution in [0.15, 0.2) is 0 Å². The zero-order valence-electron chi connectivity index (χ0n) is 43.0. The zero-order chi connectivity index (χ0) is 49.1. The van der Waals surface area contributed by atoms with Gasteiger partial charge in [0.05, 0.1) is 6.61 Å². The molecule has 0 aliphatic carbocycles. The summed E-state index contributed by atoms with van der Waals surface area (Å²) in [7, 11) is -4.60. The Balaban J connectivity index is 2.30. The number of carbonyl (C=O) groups excluding carboxylic acids is 2. The van der Waals surface area contributed by atoms with Gasteiger partial charge in [0, 0.05) is 12.8 Å². The van der Waals surface area contributed by atoms with E-state index in [1.807, 2.05) is 0 Å². The van der Waals surface area contributed by atoms with E-state index in [-0.39, 0.29) is 19.4 Å². The van der Waals surface area contributed by atoms with E-state index >= 15 is 0 Å². The fourth-order valence-corrected chi connectivity index (χ4v) is 9.78. The van der Waals surface area contributed by atoms with E-state index in [2.05, 4.69) is 13.8 Å². The Labute approximate surface area is 410 Å². The molecule has 0 aromatic rings. The average molecular weight is 977 g/mol. The summed E-state index contributed by atoms with van der Waals surface area (Å²) in [5, 5.41) is 31.0. The van der Waals surface area contributed by atoms with E-state index in [0.29, 0.717) is 12.8 Å². The largest absolute Gasteiger partial charge is 0.462 e. The molecule has 12 nitrogen and oxygen atoms in total. The minimum absolute atomic E-state index is 0.173. The lowest BCUT2D eigenvalue weighted by molar-refractivity contribution is -0.297. The first-order valence-corrected chi connectivity index (χ1v) is 29.7. The molecule has 1 aliphatic rings. The van der Waals surface area contributed by atoms with Gasteiger partial charge in [0.15, 0.2) is 12.4 Å². The molecule has 0 aromatic heterocycles. The highest BCUT2D eigenvalue weighted by atomic mass is 32.2. The smallest absolute Gasteiger partial charge is 0.306 e. The second-order valence-electron chi connectivity index (χ2n) is 20.0. The van der Waals surface area contributed by atoms with Crippen LogP contribution in [0.25, 0.3) is 0 Å². The first-order valence-electron chi connectivity index (χ1n) is 28.1. The second kappa shape index (κ2) is 44.6. The molecule has 1 heterocycles. The Morgan fingerprint density at radius 2 is 0.761 bits per heavy atom. The van der Waals surface area contributed by atoms with Gasteiger partial charge in [-0.3, -0.25) is 14.1 Å². The van der Waals surface area contributed by atoms with Crippen molar-refractivity contribution in [3.63, 3.8) is 0 Å². The minimum Gasteiger partial charge on any atom is -0.462 e. The average Bonchev–Trinajstić information content (AvgIpc) is 3.30. The van der Waals surface area contributed by atoms with Gasteiger partial charge in [-0.2, -0.15) is 8.42 Å². The van der Waals surface area contributed by atoms with Gasteiger partial charge >= 0.3 is 11.9 Å². The predicted octanol–water partition coefficient (Wildman–Crippen LogP) is 13.2. The van der Waals surface area contributed by atoms with Gasteiger partial charge in [-0.1, -0.05) is 251 Å². The summed E-state index contributed by atoms with van der Waals surface area (Å²) in [5.41, 5.74) is 0. The Morgan fingerprint density at radius 3 is 1.09 bits per heavy atom. The van der Waals surface area contributed by atoms with Crippen LogP contribution in [0.1, 0.15) is 277 Å². The van der Waals surface area contributed by atoms with Gasteiger partial charge in [0.1, 0.15) is 36.8 Å². The van der Waals surface area contributed by atoms with Crippen LogP contribution >= 0.6 is 0 Å². The molecule has 1 saturated heterocycles. The second-order valence-corrected chi connectivity index (χ2v) is 21.5. The van der Waals surface area contributed by atoms with Gasteiger partial charge in [0.2, 0.25) is 0 Å². The lowest BCUT2D eigenvalue weighted by atomic mass is 10.00. The fourth-order valence-electron chi connectivity index (χ4n) is 9.09. The van der Waals surface area contributed by atoms with Crippen LogP contribution in [0.3, 0.4) is 0 Å². The van der Waals surface area contributed by atoms with Crippen molar-refractivity contribution in [3.8, 4) is 0 Å². The van der Waals surface area contributed by atoms with Crippen LogP contribution in [-0.2, 0) is 38.7 Å². The highest BCUT2D eigenvalue weighted by Gasteiger charge is 2.46. The van der Waals surface area contributed by atoms with E-state index in [9.17, 15) is 37.9 Å². The van der Waals surface area contributed by atoms with E-state index in [4.69, 9.17) is 18.9 Å². The van der Waals surface area contributed by atoms with Crippen molar-refractivity contribution in [1.29, 1.82) is 0 Å². The maximum Gasteiger partial charge on any atom is 0.306 e. The molecule has 2 unspecified atom stereocenters. The molecule has 6 atom stereocenters. The van der Waals surface area contributed by atoms with Crippen molar-refractivity contribution in [2.45, 2.75) is 314 Å². The van der Waals surface area contributed by atoms with Gasteiger partial charge in [0.25, 0.3) is 10.1 Å². The molecule has 0 bridgehead atoms. The normalized spacial score (nSPS) is 19.2. The monoisotopic (exact) mass is 977 g/mol. The molecule has 0 spiro atoms. The number of ether oxygens (including phenoxy) is 4. The highest BCUT2D eigenvalue weighted by molar-refractivity contribution is 7.85. The summed E-state index contributed by atoms with van der Waals surface area (Å²) in [6.45, 7) is 3.83. The van der Waals surface area contributed by atoms with Crippen molar-refractivity contribution >= 4 is 22.1 Å². The van der Waals surface area contributed by atoms with Crippen LogP contribution in [0.5, 0.6) is 0 Å². The molecule has 1 fully saturated rings. The molecule has 4 N–H and O–H groups in total. The summed E-state index contributed by atoms with van der Waals surface area (Å²) in [6.07, 6.45) is 40.0. The van der Waals surface area contributed by atoms with Crippen LogP contribution in [0.4, 0.5) is 0 Å². The van der Waals surface area contributed by atoms with Crippen molar-refractivity contribution in [2.24, 2.45) is 0 Å². The van der Waals surface area contributed by atoms with E-state index in [1.54, 1.807) is 0 Å². The molecule has 0 radical (unpaired) electrons. The number of esters is 2. The number of aliphatic hydroxyl groups is 3. The zero-order valence-corrected chi connectivity index (χ0v) is 43.9. The fraction of sp³-hybridized carbons (Fsp3) is 0.963. The minimum atomic E-state index is -4.60. The molecule has 0 saturated carbocycles. The molecule has 13 heteroatoms. The van der Waals surface area contributed by atoms with E-state index < -0.39 is 71.2 Å². The summed E-state index contributed by atoms with van der Waals surface area (Å²) < 4.78 is 54.3. The van der Waals surface area contributed by atoms with Crippen molar-refractivity contribution in [2.75, 3.05) is 19.0 Å². The first-order chi connectivity index (χ1) is 32.5. The third-order valence-electron chi connectivity index (χ3n) is 13.4. The van der Waals surface area contributed by atoms with Crippen molar-refractivity contribution in [1.82, 2.24) is 0 Å². The van der Waals surface area contributed by atoms with Crippen LogP contribution < -0.4 is 0 Å². The maximum absolute atomic E-state index is 12.9. The standard InChI is InChI=1S/C54H104O12S/c1-3-5-7-9-11-13-15-17-19-21-22-23-24-25-27-28-30-32-34-36-38-40-42-49(55)63-44-47(45-64-54-53(59)52(58)51(57)48(66-54)46-67(60,61)62)65-50(56)43-41-39-37-35-33-31-29-26-20-18-16-14-12-10-8-6-4-2/h47-48,51-54,57-59H,3-46H2,1-2H3,(H,60,61,62)/t47-,48-,51-,52?,53?,54+/m1/s1. The van der Waals surface area contributed by atoms with Crippen LogP contribution in [-0.4, -0.2) is 96.0 Å². The first kappa shape index (κ1) is 63.7. The van der Waals surface area contributed by atoms with E-state index in [1.165, 1.54) is 199 Å². The molecule has 0 amide bonds. The Morgan fingerprint density at radius 1 is 0.448 bits per heavy atom. The third-order valence-corrected chi connectivity index (χ3v) is 14.2. The van der Waals surface area contributed by atoms with Gasteiger partial charge in [-0.05, 0) is 12.8 Å². The number of carbonyl (C=O) groups is 2. The topological polar surface area (TPSA) is 186 Å². The quantitative estimate of drug-likeness (QED) is 0.0257. The Hall–Kier alpha value is -1.35. The van der Waals surface area contributed by atoms with Crippen molar-refractivity contribution in [3.05, 3.63) is 0 Å². The Bertz CT molecular complexity index is 1230. The SMILES string of the molecule is CCCCCCCCCCCCCCCCCCCCCCCCC(=O)OC[C@H](CO[C@H]1O[C@H](CS(=O)(=O)O)[C@@H](O)C(O)C1O)OC(=O)CCCCCCCCCCCCCCCCCCC. The molecule has 1 rings (SSSR count). The predicted molar refractivity (Wildman–Crippen MR) is 271 cm³/mol. The lowest BCUT2D eigenvalue weighted by Gasteiger charge is -2.40. The number of unbranched alkanes of at least 4 members (excludes halogenated alkanes) is 37. The van der Waals surface area contributed by atoms with Gasteiger partial charge in [-0.15, -0.1) is 0 Å². The number of hydrogen-bond acceptors (Lipinski definition) is 11. The molecule has 0 aromatic carbocycles. The maximum atomic E-state index is 12.9. The molecule has 67 heavy (non-hydrogen) atoms. The number of rotatable bonds is 49. The summed E-state index contributed by atoms with van der Waals surface area (Å²) in [5.74, 6) is -1.95. The van der Waals surface area contributed by atoms with Crippen molar-refractivity contribution < 1.29 is 56.8 Å². The van der Waals surface area contributed by atoms with Gasteiger partial charge < -0.3 is 34.3 Å². The third kappa shape index (κ3) is 39.0. The highest BCUT2D eigenvalue weighted by Crippen LogP contribution is 2.24. The summed E-state index contributed by atoms with van der Waals surface area (Å²) >= 11 is 0. The lowest BCUT2D eigenvalue weighted by Crippen LogP contribution is -2.60.